The number of halogens is 1. The summed E-state index contributed by atoms with van der Waals surface area (Å²) in [5.74, 6) is 1.18. The molecule has 2 N–H and O–H groups in total. The number of carbonyl (C=O) groups is 1. The second-order valence-corrected chi connectivity index (χ2v) is 8.62. The number of amides is 1. The van der Waals surface area contributed by atoms with Gasteiger partial charge in [-0.1, -0.05) is 72.3 Å². The summed E-state index contributed by atoms with van der Waals surface area (Å²) in [6, 6.07) is 25.4. The molecule has 0 saturated carbocycles. The van der Waals surface area contributed by atoms with E-state index in [4.69, 9.17) is 16.3 Å². The maximum atomic E-state index is 12.6. The van der Waals surface area contributed by atoms with Gasteiger partial charge in [0.05, 0.1) is 19.2 Å². The van der Waals surface area contributed by atoms with Crippen LogP contribution in [-0.2, 0) is 4.79 Å². The number of benzene rings is 3. The predicted molar refractivity (Wildman–Crippen MR) is 138 cm³/mol. The van der Waals surface area contributed by atoms with Crippen LogP contribution in [0.4, 0.5) is 11.9 Å². The van der Waals surface area contributed by atoms with Gasteiger partial charge in [0.2, 0.25) is 5.95 Å². The molecule has 0 aliphatic carbocycles. The lowest BCUT2D eigenvalue weighted by Crippen LogP contribution is -2.28. The van der Waals surface area contributed by atoms with E-state index in [-0.39, 0.29) is 23.9 Å². The molecular formula is C27H24ClN5O2. The van der Waals surface area contributed by atoms with E-state index in [9.17, 15) is 4.79 Å². The Labute approximate surface area is 208 Å². The van der Waals surface area contributed by atoms with Crippen LogP contribution in [0.3, 0.4) is 0 Å². The molecule has 1 aliphatic heterocycles. The molecule has 7 nitrogen and oxygen atoms in total. The Kier molecular flexibility index (Phi) is 6.50. The van der Waals surface area contributed by atoms with Gasteiger partial charge in [0, 0.05) is 16.7 Å². The monoisotopic (exact) mass is 485 g/mol. The third-order valence-electron chi connectivity index (χ3n) is 5.93. The average Bonchev–Trinajstić information content (AvgIpc) is 3.30. The highest BCUT2D eigenvalue weighted by molar-refractivity contribution is 6.30. The van der Waals surface area contributed by atoms with Crippen LogP contribution in [0, 0.1) is 0 Å². The Balaban J connectivity index is 1.41. The van der Waals surface area contributed by atoms with Crippen molar-refractivity contribution in [3.05, 3.63) is 107 Å². The smallest absolute Gasteiger partial charge is 0.250 e. The van der Waals surface area contributed by atoms with E-state index in [1.165, 1.54) is 6.08 Å². The van der Waals surface area contributed by atoms with Gasteiger partial charge in [0.15, 0.2) is 0 Å². The number of aromatic nitrogens is 3. The zero-order chi connectivity index (χ0) is 24.2. The van der Waals surface area contributed by atoms with Gasteiger partial charge in [0.1, 0.15) is 5.75 Å². The summed E-state index contributed by atoms with van der Waals surface area (Å²) >= 11 is 6.12. The second kappa shape index (κ2) is 10.0. The topological polar surface area (TPSA) is 81.1 Å². The average molecular weight is 486 g/mol. The number of nitrogens with one attached hydrogen (secondary N) is 2. The van der Waals surface area contributed by atoms with Gasteiger partial charge in [0.25, 0.3) is 11.9 Å². The lowest BCUT2D eigenvalue weighted by molar-refractivity contribution is -0.111. The van der Waals surface area contributed by atoms with Crippen LogP contribution in [0.5, 0.6) is 5.75 Å². The first kappa shape index (κ1) is 22.7. The van der Waals surface area contributed by atoms with Crippen molar-refractivity contribution in [3.8, 4) is 5.75 Å². The number of hydrogen-bond acceptors (Lipinski definition) is 5. The van der Waals surface area contributed by atoms with Crippen molar-refractivity contribution >= 4 is 35.5 Å². The first-order chi connectivity index (χ1) is 17.1. The first-order valence-corrected chi connectivity index (χ1v) is 11.6. The number of nitrogens with zero attached hydrogens (tertiary/aromatic N) is 3. The minimum absolute atomic E-state index is 0.0440. The van der Waals surface area contributed by atoms with Crippen LogP contribution in [0.2, 0.25) is 5.02 Å². The molecule has 0 saturated heterocycles. The molecular weight excluding hydrogens is 462 g/mol. The number of carbonyl (C=O) groups excluding carboxylic acids is 1. The Morgan fingerprint density at radius 3 is 2.57 bits per heavy atom. The van der Waals surface area contributed by atoms with Gasteiger partial charge >= 0.3 is 0 Å². The molecule has 1 aromatic heterocycles. The van der Waals surface area contributed by atoms with Crippen molar-refractivity contribution in [2.75, 3.05) is 17.7 Å². The third kappa shape index (κ3) is 5.05. The molecule has 2 heterocycles. The first-order valence-electron chi connectivity index (χ1n) is 11.3. The molecule has 0 spiro atoms. The predicted octanol–water partition coefficient (Wildman–Crippen LogP) is 5.74. The molecule has 1 amide bonds. The summed E-state index contributed by atoms with van der Waals surface area (Å²) in [5, 5.41) is 11.5. The van der Waals surface area contributed by atoms with Crippen molar-refractivity contribution in [3.63, 3.8) is 0 Å². The minimum Gasteiger partial charge on any atom is -0.496 e. The van der Waals surface area contributed by atoms with Crippen LogP contribution in [0.25, 0.3) is 6.08 Å². The fourth-order valence-electron chi connectivity index (χ4n) is 4.22. The third-order valence-corrected chi connectivity index (χ3v) is 6.19. The number of fused-ring (bicyclic) bond motifs is 1. The van der Waals surface area contributed by atoms with Gasteiger partial charge in [-0.25, -0.2) is 4.68 Å². The lowest BCUT2D eigenvalue weighted by atomic mass is 9.93. The molecule has 176 valence electrons. The van der Waals surface area contributed by atoms with E-state index < -0.39 is 0 Å². The molecule has 2 unspecified atom stereocenters. The van der Waals surface area contributed by atoms with Crippen LogP contribution in [-0.4, -0.2) is 27.8 Å². The molecule has 35 heavy (non-hydrogen) atoms. The zero-order valence-electron chi connectivity index (χ0n) is 19.1. The number of methoxy groups -OCH3 is 1. The summed E-state index contributed by atoms with van der Waals surface area (Å²) in [7, 11) is 1.60. The highest BCUT2D eigenvalue weighted by Gasteiger charge is 2.31. The summed E-state index contributed by atoms with van der Waals surface area (Å²) in [6.07, 6.45) is 3.90. The van der Waals surface area contributed by atoms with E-state index in [2.05, 4.69) is 32.8 Å². The second-order valence-electron chi connectivity index (χ2n) is 8.18. The van der Waals surface area contributed by atoms with Crippen LogP contribution < -0.4 is 15.4 Å². The normalized spacial score (nSPS) is 17.0. The standard InChI is InChI=1S/C27H24ClN5O2/c1-35-24-10-6-5-9-20(24)13-16-25(34)30-26-31-27-29-22(18-7-3-2-4-8-18)17-23(33(27)32-26)19-11-14-21(28)15-12-19/h2-16,22-23H,17H2,1H3,(H2,29,30,31,32,34)/b16-13+. The number of hydrogen-bond donors (Lipinski definition) is 2. The van der Waals surface area contributed by atoms with Crippen molar-refractivity contribution < 1.29 is 9.53 Å². The van der Waals surface area contributed by atoms with Gasteiger partial charge in [-0.3, -0.25) is 10.1 Å². The van der Waals surface area contributed by atoms with Gasteiger partial charge in [-0.15, -0.1) is 5.10 Å². The van der Waals surface area contributed by atoms with Crippen molar-refractivity contribution in [1.82, 2.24) is 14.8 Å². The fourth-order valence-corrected chi connectivity index (χ4v) is 4.34. The SMILES string of the molecule is COc1ccccc1/C=C/C(=O)Nc1nc2n(n1)C(c1ccc(Cl)cc1)CC(c1ccccc1)N2. The Bertz CT molecular complexity index is 1350. The molecule has 2 atom stereocenters. The molecule has 0 fully saturated rings. The van der Waals surface area contributed by atoms with Crippen molar-refractivity contribution in [2.45, 2.75) is 18.5 Å². The summed E-state index contributed by atoms with van der Waals surface area (Å²) in [6.45, 7) is 0. The minimum atomic E-state index is -0.332. The van der Waals surface area contributed by atoms with Crippen LogP contribution in [0.1, 0.15) is 35.2 Å². The largest absolute Gasteiger partial charge is 0.496 e. The number of rotatable bonds is 6. The molecule has 8 heteroatoms. The van der Waals surface area contributed by atoms with E-state index in [0.29, 0.717) is 16.7 Å². The van der Waals surface area contributed by atoms with E-state index >= 15 is 0 Å². The Hall–Kier alpha value is -4.10. The quantitative estimate of drug-likeness (QED) is 0.340. The van der Waals surface area contributed by atoms with Crippen LogP contribution >= 0.6 is 11.6 Å². The van der Waals surface area contributed by atoms with E-state index in [0.717, 1.165) is 23.1 Å². The van der Waals surface area contributed by atoms with Crippen molar-refractivity contribution in [2.24, 2.45) is 0 Å². The molecule has 0 bridgehead atoms. The highest BCUT2D eigenvalue weighted by atomic mass is 35.5. The maximum absolute atomic E-state index is 12.6. The number of ether oxygens (including phenoxy) is 1. The highest BCUT2D eigenvalue weighted by Crippen LogP contribution is 2.38. The number of para-hydroxylation sites is 1. The van der Waals surface area contributed by atoms with Gasteiger partial charge in [-0.2, -0.15) is 4.98 Å². The number of anilines is 2. The molecule has 3 aromatic carbocycles. The van der Waals surface area contributed by atoms with E-state index in [1.807, 2.05) is 71.4 Å². The maximum Gasteiger partial charge on any atom is 0.250 e. The molecule has 1 aliphatic rings. The summed E-state index contributed by atoms with van der Waals surface area (Å²) in [4.78, 5) is 17.2. The lowest BCUT2D eigenvalue weighted by Gasteiger charge is -2.31. The Morgan fingerprint density at radius 2 is 1.80 bits per heavy atom. The fraction of sp³-hybridized carbons (Fsp3) is 0.148. The molecule has 4 aromatic rings. The van der Waals surface area contributed by atoms with Crippen LogP contribution in [0.15, 0.2) is 84.9 Å². The summed E-state index contributed by atoms with van der Waals surface area (Å²) < 4.78 is 7.15. The van der Waals surface area contributed by atoms with Gasteiger partial charge in [-0.05, 0) is 41.8 Å². The molecule has 0 radical (unpaired) electrons. The zero-order valence-corrected chi connectivity index (χ0v) is 19.8. The van der Waals surface area contributed by atoms with Gasteiger partial charge < -0.3 is 10.1 Å². The van der Waals surface area contributed by atoms with Crippen molar-refractivity contribution in [1.29, 1.82) is 0 Å². The molecule has 5 rings (SSSR count). The van der Waals surface area contributed by atoms with E-state index in [1.54, 1.807) is 13.2 Å². The Morgan fingerprint density at radius 1 is 1.06 bits per heavy atom. The summed E-state index contributed by atoms with van der Waals surface area (Å²) in [5.41, 5.74) is 3.03.